The van der Waals surface area contributed by atoms with Crippen LogP contribution >= 0.6 is 0 Å². The van der Waals surface area contributed by atoms with Crippen LogP contribution in [0.25, 0.3) is 11.1 Å². The summed E-state index contributed by atoms with van der Waals surface area (Å²) in [4.78, 5) is 2.72. The molecule has 2 nitrogen and oxygen atoms in total. The minimum absolute atomic E-state index is 0.687. The normalized spacial score (nSPS) is 16.7. The fraction of sp³-hybridized carbons (Fsp3) is 0.478. The lowest BCUT2D eigenvalue weighted by Gasteiger charge is -2.36. The monoisotopic (exact) mass is 337 g/mol. The molecule has 0 saturated carbocycles. The summed E-state index contributed by atoms with van der Waals surface area (Å²) in [5, 5.41) is 0. The van der Waals surface area contributed by atoms with Gasteiger partial charge in [-0.15, -0.1) is 0 Å². The zero-order valence-corrected chi connectivity index (χ0v) is 15.9. The number of rotatable bonds is 7. The minimum atomic E-state index is 0.687. The van der Waals surface area contributed by atoms with Crippen LogP contribution in [0.3, 0.4) is 0 Å². The van der Waals surface area contributed by atoms with Gasteiger partial charge in [0.15, 0.2) is 0 Å². The van der Waals surface area contributed by atoms with Crippen molar-refractivity contribution < 1.29 is 4.74 Å². The van der Waals surface area contributed by atoms with Crippen molar-refractivity contribution in [1.29, 1.82) is 0 Å². The van der Waals surface area contributed by atoms with Gasteiger partial charge < -0.3 is 9.64 Å². The number of fused-ring (bicyclic) bond motifs is 1. The highest BCUT2D eigenvalue weighted by molar-refractivity contribution is 5.70. The maximum absolute atomic E-state index is 5.31. The van der Waals surface area contributed by atoms with Crippen LogP contribution in [0.1, 0.15) is 44.2 Å². The largest absolute Gasteiger partial charge is 0.497 e. The van der Waals surface area contributed by atoms with Crippen molar-refractivity contribution in [1.82, 2.24) is 4.90 Å². The third kappa shape index (κ3) is 4.07. The van der Waals surface area contributed by atoms with Crippen LogP contribution in [-0.4, -0.2) is 31.1 Å². The molecule has 2 heteroatoms. The molecule has 0 fully saturated rings. The summed E-state index contributed by atoms with van der Waals surface area (Å²) in [5.74, 6) is 0.920. The number of benzene rings is 2. The predicted octanol–water partition coefficient (Wildman–Crippen LogP) is 5.34. The Kier molecular flexibility index (Phi) is 6.14. The van der Waals surface area contributed by atoms with Gasteiger partial charge in [0.25, 0.3) is 0 Å². The second-order valence-electron chi connectivity index (χ2n) is 7.10. The SMILES string of the molecule is CCCN(CCC)C1CCc2cccc(-c3ccc(OC)cc3)c2C1. The number of aryl methyl sites for hydroxylation is 1. The molecule has 2 aromatic carbocycles. The molecule has 0 aliphatic heterocycles. The van der Waals surface area contributed by atoms with Crippen LogP contribution in [0.2, 0.25) is 0 Å². The Balaban J connectivity index is 1.89. The lowest BCUT2D eigenvalue weighted by Crippen LogP contribution is -2.40. The molecule has 0 amide bonds. The highest BCUT2D eigenvalue weighted by Crippen LogP contribution is 2.34. The minimum Gasteiger partial charge on any atom is -0.497 e. The summed E-state index contributed by atoms with van der Waals surface area (Å²) in [6.07, 6.45) is 6.15. The highest BCUT2D eigenvalue weighted by Gasteiger charge is 2.25. The lowest BCUT2D eigenvalue weighted by molar-refractivity contribution is 0.180. The number of hydrogen-bond donors (Lipinski definition) is 0. The van der Waals surface area contributed by atoms with Crippen LogP contribution in [0, 0.1) is 0 Å². The van der Waals surface area contributed by atoms with E-state index in [1.54, 1.807) is 12.7 Å². The Labute approximate surface area is 152 Å². The molecule has 3 rings (SSSR count). The molecule has 1 unspecified atom stereocenters. The van der Waals surface area contributed by atoms with Crippen LogP contribution in [0.4, 0.5) is 0 Å². The predicted molar refractivity (Wildman–Crippen MR) is 106 cm³/mol. The van der Waals surface area contributed by atoms with Crippen molar-refractivity contribution in [3.63, 3.8) is 0 Å². The first-order valence-electron chi connectivity index (χ1n) is 9.76. The zero-order chi connectivity index (χ0) is 17.6. The topological polar surface area (TPSA) is 12.5 Å². The molecule has 1 aliphatic carbocycles. The fourth-order valence-electron chi connectivity index (χ4n) is 4.17. The van der Waals surface area contributed by atoms with Gasteiger partial charge in [0.05, 0.1) is 7.11 Å². The number of ether oxygens (including phenoxy) is 1. The van der Waals surface area contributed by atoms with E-state index in [0.717, 1.165) is 5.75 Å². The lowest BCUT2D eigenvalue weighted by atomic mass is 9.83. The molecule has 1 aliphatic rings. The van der Waals surface area contributed by atoms with E-state index in [1.165, 1.54) is 61.9 Å². The highest BCUT2D eigenvalue weighted by atomic mass is 16.5. The van der Waals surface area contributed by atoms with Gasteiger partial charge >= 0.3 is 0 Å². The second kappa shape index (κ2) is 8.53. The molecule has 0 spiro atoms. The Morgan fingerprint density at radius 3 is 2.36 bits per heavy atom. The first-order chi connectivity index (χ1) is 12.3. The Morgan fingerprint density at radius 1 is 1.00 bits per heavy atom. The molecular weight excluding hydrogens is 306 g/mol. The first kappa shape index (κ1) is 18.0. The van der Waals surface area contributed by atoms with Gasteiger partial charge in [-0.05, 0) is 79.6 Å². The van der Waals surface area contributed by atoms with Gasteiger partial charge in [-0.3, -0.25) is 0 Å². The molecule has 134 valence electrons. The molecule has 0 radical (unpaired) electrons. The fourth-order valence-corrected chi connectivity index (χ4v) is 4.17. The Morgan fingerprint density at radius 2 is 1.72 bits per heavy atom. The van der Waals surface area contributed by atoms with Crippen molar-refractivity contribution in [2.24, 2.45) is 0 Å². The van der Waals surface area contributed by atoms with Crippen molar-refractivity contribution in [3.05, 3.63) is 53.6 Å². The summed E-state index contributed by atoms with van der Waals surface area (Å²) in [5.41, 5.74) is 5.80. The van der Waals surface area contributed by atoms with E-state index in [1.807, 2.05) is 0 Å². The smallest absolute Gasteiger partial charge is 0.118 e. The third-order valence-electron chi connectivity index (χ3n) is 5.40. The molecule has 0 bridgehead atoms. The van der Waals surface area contributed by atoms with Gasteiger partial charge in [-0.2, -0.15) is 0 Å². The number of hydrogen-bond acceptors (Lipinski definition) is 2. The number of methoxy groups -OCH3 is 1. The van der Waals surface area contributed by atoms with Gasteiger partial charge in [0.1, 0.15) is 5.75 Å². The summed E-state index contributed by atoms with van der Waals surface area (Å²) >= 11 is 0. The van der Waals surface area contributed by atoms with E-state index >= 15 is 0 Å². The van der Waals surface area contributed by atoms with Crippen molar-refractivity contribution >= 4 is 0 Å². The van der Waals surface area contributed by atoms with Crippen molar-refractivity contribution in [2.75, 3.05) is 20.2 Å². The summed E-state index contributed by atoms with van der Waals surface area (Å²) in [6.45, 7) is 7.03. The molecule has 2 aromatic rings. The van der Waals surface area contributed by atoms with E-state index in [0.29, 0.717) is 6.04 Å². The van der Waals surface area contributed by atoms with Gasteiger partial charge in [0, 0.05) is 6.04 Å². The maximum Gasteiger partial charge on any atom is 0.118 e. The van der Waals surface area contributed by atoms with E-state index in [9.17, 15) is 0 Å². The quantitative estimate of drug-likeness (QED) is 0.676. The standard InChI is InChI=1S/C23H31NO/c1-4-15-24(16-5-2)20-12-9-18-7-6-8-22(23(18)17-20)19-10-13-21(25-3)14-11-19/h6-8,10-11,13-14,20H,4-5,9,12,15-17H2,1-3H3. The molecule has 0 N–H and O–H groups in total. The summed E-state index contributed by atoms with van der Waals surface area (Å²) < 4.78 is 5.31. The van der Waals surface area contributed by atoms with Crippen LogP contribution in [0.15, 0.2) is 42.5 Å². The summed E-state index contributed by atoms with van der Waals surface area (Å²) in [6, 6.07) is 16.0. The van der Waals surface area contributed by atoms with Crippen LogP contribution in [0.5, 0.6) is 5.75 Å². The molecule has 1 atom stereocenters. The first-order valence-corrected chi connectivity index (χ1v) is 9.76. The number of nitrogens with zero attached hydrogens (tertiary/aromatic N) is 1. The maximum atomic E-state index is 5.31. The average molecular weight is 338 g/mol. The third-order valence-corrected chi connectivity index (χ3v) is 5.40. The van der Waals surface area contributed by atoms with Crippen LogP contribution < -0.4 is 4.74 Å². The molecule has 0 heterocycles. The molecule has 0 saturated heterocycles. The van der Waals surface area contributed by atoms with Crippen LogP contribution in [-0.2, 0) is 12.8 Å². The second-order valence-corrected chi connectivity index (χ2v) is 7.10. The average Bonchev–Trinajstić information content (AvgIpc) is 2.67. The van der Waals surface area contributed by atoms with Gasteiger partial charge in [0.2, 0.25) is 0 Å². The zero-order valence-electron chi connectivity index (χ0n) is 15.9. The van der Waals surface area contributed by atoms with Gasteiger partial charge in [-0.25, -0.2) is 0 Å². The molecule has 25 heavy (non-hydrogen) atoms. The summed E-state index contributed by atoms with van der Waals surface area (Å²) in [7, 11) is 1.72. The van der Waals surface area contributed by atoms with Crippen molar-refractivity contribution in [3.8, 4) is 16.9 Å². The van der Waals surface area contributed by atoms with E-state index < -0.39 is 0 Å². The van der Waals surface area contributed by atoms with E-state index in [2.05, 4.69) is 61.2 Å². The van der Waals surface area contributed by atoms with Crippen molar-refractivity contribution in [2.45, 2.75) is 52.0 Å². The molecule has 0 aromatic heterocycles. The Bertz CT molecular complexity index is 671. The van der Waals surface area contributed by atoms with E-state index in [4.69, 9.17) is 4.74 Å². The van der Waals surface area contributed by atoms with E-state index in [-0.39, 0.29) is 0 Å². The van der Waals surface area contributed by atoms with Gasteiger partial charge in [-0.1, -0.05) is 44.2 Å². The Hall–Kier alpha value is -1.80. The molecular formula is C23H31NO.